The Morgan fingerprint density at radius 1 is 0.848 bits per heavy atom. The summed E-state index contributed by atoms with van der Waals surface area (Å²) in [7, 11) is 0. The number of carbonyl (C=O) groups excluding carboxylic acids is 1. The number of hydrogen-bond donors (Lipinski definition) is 1. The largest absolute Gasteiger partial charge is 0.352 e. The van der Waals surface area contributed by atoms with Crippen molar-refractivity contribution in [3.8, 4) is 5.69 Å². The number of rotatable bonds is 6. The second kappa shape index (κ2) is 9.39. The van der Waals surface area contributed by atoms with Crippen LogP contribution in [0, 0.1) is 11.6 Å². The predicted molar refractivity (Wildman–Crippen MR) is 117 cm³/mol. The van der Waals surface area contributed by atoms with E-state index < -0.39 is 34.5 Å². The Hall–Kier alpha value is -4.40. The van der Waals surface area contributed by atoms with Crippen LogP contribution < -0.4 is 16.6 Å². The van der Waals surface area contributed by atoms with Crippen molar-refractivity contribution in [3.63, 3.8) is 0 Å². The molecule has 9 heteroatoms. The zero-order valence-electron chi connectivity index (χ0n) is 17.2. The van der Waals surface area contributed by atoms with E-state index >= 15 is 0 Å². The summed E-state index contributed by atoms with van der Waals surface area (Å²) in [5.41, 5.74) is -1.33. The summed E-state index contributed by atoms with van der Waals surface area (Å²) in [6.07, 6.45) is 0. The fourth-order valence-corrected chi connectivity index (χ4v) is 3.21. The SMILES string of the molecule is O=C(NCc1ccc(F)cc1)c1nn(-c2ccccc2F)c(=O)n(Cc2ccccc2)c1=O. The highest BCUT2D eigenvalue weighted by molar-refractivity contribution is 5.91. The maximum atomic E-state index is 14.4. The number of nitrogens with zero attached hydrogens (tertiary/aromatic N) is 3. The van der Waals surface area contributed by atoms with E-state index in [1.165, 1.54) is 42.5 Å². The van der Waals surface area contributed by atoms with Gasteiger partial charge in [-0.2, -0.15) is 9.78 Å². The number of para-hydroxylation sites is 1. The molecule has 1 heterocycles. The highest BCUT2D eigenvalue weighted by Gasteiger charge is 2.21. The average molecular weight is 448 g/mol. The predicted octanol–water partition coefficient (Wildman–Crippen LogP) is 2.65. The summed E-state index contributed by atoms with van der Waals surface area (Å²) in [5, 5.41) is 6.42. The normalized spacial score (nSPS) is 10.7. The van der Waals surface area contributed by atoms with Gasteiger partial charge < -0.3 is 5.32 Å². The lowest BCUT2D eigenvalue weighted by Crippen LogP contribution is -2.46. The van der Waals surface area contributed by atoms with E-state index in [1.807, 2.05) is 0 Å². The van der Waals surface area contributed by atoms with Crippen molar-refractivity contribution < 1.29 is 13.6 Å². The summed E-state index contributed by atoms with van der Waals surface area (Å²) in [6, 6.07) is 19.6. The lowest BCUT2D eigenvalue weighted by molar-refractivity contribution is 0.0941. The first kappa shape index (κ1) is 21.8. The standard InChI is InChI=1S/C24H18F2N4O3/c25-18-12-10-16(11-13-18)14-27-22(31)21-23(32)29(15-17-6-2-1-3-7-17)24(33)30(28-21)20-9-5-4-8-19(20)26/h1-13H,14-15H2,(H,27,31). The van der Waals surface area contributed by atoms with E-state index in [0.29, 0.717) is 15.8 Å². The molecule has 0 spiro atoms. The number of halogens is 2. The number of carbonyl (C=O) groups is 1. The minimum absolute atomic E-state index is 0.00224. The van der Waals surface area contributed by atoms with Gasteiger partial charge in [0.2, 0.25) is 5.69 Å². The minimum Gasteiger partial charge on any atom is -0.346 e. The number of benzene rings is 3. The van der Waals surface area contributed by atoms with Gasteiger partial charge in [-0.05, 0) is 35.4 Å². The van der Waals surface area contributed by atoms with E-state index in [1.54, 1.807) is 30.3 Å². The molecule has 0 saturated heterocycles. The third-order valence-electron chi connectivity index (χ3n) is 4.91. The Morgan fingerprint density at radius 2 is 1.52 bits per heavy atom. The molecule has 0 unspecified atom stereocenters. The molecule has 0 aliphatic rings. The van der Waals surface area contributed by atoms with Gasteiger partial charge in [-0.1, -0.05) is 54.6 Å². The van der Waals surface area contributed by atoms with Crippen molar-refractivity contribution in [2.45, 2.75) is 13.1 Å². The molecule has 0 radical (unpaired) electrons. The van der Waals surface area contributed by atoms with Gasteiger partial charge >= 0.3 is 5.69 Å². The zero-order valence-corrected chi connectivity index (χ0v) is 17.2. The first-order valence-corrected chi connectivity index (χ1v) is 9.99. The number of hydrogen-bond acceptors (Lipinski definition) is 4. The summed E-state index contributed by atoms with van der Waals surface area (Å²) in [4.78, 5) is 38.9. The van der Waals surface area contributed by atoms with Crippen LogP contribution in [-0.2, 0) is 13.1 Å². The number of aromatic nitrogens is 3. The van der Waals surface area contributed by atoms with Gasteiger partial charge in [-0.25, -0.2) is 13.6 Å². The molecular weight excluding hydrogens is 430 g/mol. The van der Waals surface area contributed by atoms with Crippen LogP contribution >= 0.6 is 0 Å². The highest BCUT2D eigenvalue weighted by atomic mass is 19.1. The summed E-state index contributed by atoms with van der Waals surface area (Å²) in [5.74, 6) is -2.02. The van der Waals surface area contributed by atoms with Crippen LogP contribution in [-0.4, -0.2) is 20.3 Å². The average Bonchev–Trinajstić information content (AvgIpc) is 2.83. The maximum Gasteiger partial charge on any atom is 0.352 e. The van der Waals surface area contributed by atoms with Crippen molar-refractivity contribution in [1.82, 2.24) is 19.7 Å². The van der Waals surface area contributed by atoms with Crippen LogP contribution in [0.2, 0.25) is 0 Å². The second-order valence-electron chi connectivity index (χ2n) is 7.18. The summed E-state index contributed by atoms with van der Waals surface area (Å²) >= 11 is 0. The molecule has 1 amide bonds. The van der Waals surface area contributed by atoms with E-state index in [0.717, 1.165) is 10.6 Å². The number of amides is 1. The fourth-order valence-electron chi connectivity index (χ4n) is 3.21. The van der Waals surface area contributed by atoms with E-state index in [-0.39, 0.29) is 18.8 Å². The van der Waals surface area contributed by atoms with Crippen LogP contribution in [0.15, 0.2) is 88.5 Å². The van der Waals surface area contributed by atoms with Crippen molar-refractivity contribution in [1.29, 1.82) is 0 Å². The molecule has 7 nitrogen and oxygen atoms in total. The Kier molecular flexibility index (Phi) is 6.21. The van der Waals surface area contributed by atoms with Gasteiger partial charge in [0.05, 0.1) is 6.54 Å². The van der Waals surface area contributed by atoms with Crippen molar-refractivity contribution in [2.75, 3.05) is 0 Å². The lowest BCUT2D eigenvalue weighted by atomic mass is 10.2. The molecule has 166 valence electrons. The topological polar surface area (TPSA) is 86.0 Å². The van der Waals surface area contributed by atoms with Gasteiger partial charge in [0, 0.05) is 6.54 Å². The first-order chi connectivity index (χ1) is 15.9. The maximum absolute atomic E-state index is 14.4. The molecular formula is C24H18F2N4O3. The van der Waals surface area contributed by atoms with Gasteiger partial charge in [-0.15, -0.1) is 0 Å². The third-order valence-corrected chi connectivity index (χ3v) is 4.91. The minimum atomic E-state index is -0.909. The Balaban J connectivity index is 1.77. The quantitative estimate of drug-likeness (QED) is 0.492. The Morgan fingerprint density at radius 3 is 2.21 bits per heavy atom. The molecule has 4 aromatic rings. The first-order valence-electron chi connectivity index (χ1n) is 9.99. The Bertz CT molecular complexity index is 1410. The summed E-state index contributed by atoms with van der Waals surface area (Å²) < 4.78 is 29.1. The molecule has 4 rings (SSSR count). The van der Waals surface area contributed by atoms with Crippen LogP contribution in [0.3, 0.4) is 0 Å². The fraction of sp³-hybridized carbons (Fsp3) is 0.0833. The van der Waals surface area contributed by atoms with Gasteiger partial charge in [-0.3, -0.25) is 14.2 Å². The molecule has 1 N–H and O–H groups in total. The van der Waals surface area contributed by atoms with E-state index in [4.69, 9.17) is 0 Å². The summed E-state index contributed by atoms with van der Waals surface area (Å²) in [6.45, 7) is -0.133. The molecule has 3 aromatic carbocycles. The molecule has 0 aliphatic carbocycles. The van der Waals surface area contributed by atoms with E-state index in [2.05, 4.69) is 10.4 Å². The molecule has 0 bridgehead atoms. The van der Waals surface area contributed by atoms with Gasteiger partial charge in [0.15, 0.2) is 0 Å². The molecule has 0 fully saturated rings. The number of nitrogens with one attached hydrogen (secondary N) is 1. The van der Waals surface area contributed by atoms with Crippen LogP contribution in [0.5, 0.6) is 0 Å². The van der Waals surface area contributed by atoms with Crippen LogP contribution in [0.4, 0.5) is 8.78 Å². The monoisotopic (exact) mass is 448 g/mol. The highest BCUT2D eigenvalue weighted by Crippen LogP contribution is 2.09. The molecule has 1 aromatic heterocycles. The smallest absolute Gasteiger partial charge is 0.346 e. The molecule has 0 atom stereocenters. The lowest BCUT2D eigenvalue weighted by Gasteiger charge is -2.13. The molecule has 0 aliphatic heterocycles. The van der Waals surface area contributed by atoms with Crippen molar-refractivity contribution >= 4 is 5.91 Å². The molecule has 0 saturated carbocycles. The molecule has 33 heavy (non-hydrogen) atoms. The van der Waals surface area contributed by atoms with Gasteiger partial charge in [0.25, 0.3) is 11.5 Å². The van der Waals surface area contributed by atoms with Gasteiger partial charge in [0.1, 0.15) is 17.3 Å². The van der Waals surface area contributed by atoms with Crippen molar-refractivity contribution in [3.05, 3.63) is 128 Å². The Labute approximate surface area is 186 Å². The van der Waals surface area contributed by atoms with E-state index in [9.17, 15) is 23.2 Å². The van der Waals surface area contributed by atoms with Crippen LogP contribution in [0.25, 0.3) is 5.69 Å². The van der Waals surface area contributed by atoms with Crippen molar-refractivity contribution in [2.24, 2.45) is 0 Å². The zero-order chi connectivity index (χ0) is 23.4. The van der Waals surface area contributed by atoms with Crippen LogP contribution in [0.1, 0.15) is 21.6 Å². The third kappa shape index (κ3) is 4.77. The second-order valence-corrected chi connectivity index (χ2v) is 7.18.